The molecule has 7 rings (SSSR count). The summed E-state index contributed by atoms with van der Waals surface area (Å²) in [6.07, 6.45) is 5.49. The zero-order valence-corrected chi connectivity index (χ0v) is 21.6. The second kappa shape index (κ2) is 8.07. The maximum atomic E-state index is 12.6. The van der Waals surface area contributed by atoms with Crippen LogP contribution in [0.25, 0.3) is 0 Å². The number of nitrogens with zero attached hydrogens (tertiary/aromatic N) is 2. The molecule has 6 nitrogen and oxygen atoms in total. The van der Waals surface area contributed by atoms with E-state index in [1.54, 1.807) is 6.07 Å². The number of likely N-dealkylation sites (tertiary alicyclic amines) is 1. The van der Waals surface area contributed by atoms with Crippen molar-refractivity contribution in [2.24, 2.45) is 5.92 Å². The molecule has 3 aliphatic carbocycles. The van der Waals surface area contributed by atoms with Gasteiger partial charge in [-0.25, -0.2) is 0 Å². The van der Waals surface area contributed by atoms with E-state index in [0.717, 1.165) is 50.4 Å². The van der Waals surface area contributed by atoms with E-state index < -0.39 is 11.0 Å². The molecule has 1 spiro atoms. The van der Waals surface area contributed by atoms with Gasteiger partial charge in [0.25, 0.3) is 0 Å². The van der Waals surface area contributed by atoms with Gasteiger partial charge in [-0.3, -0.25) is 4.90 Å². The summed E-state index contributed by atoms with van der Waals surface area (Å²) >= 11 is 5.85. The highest BCUT2D eigenvalue weighted by Gasteiger charge is 2.73. The van der Waals surface area contributed by atoms with Gasteiger partial charge in [0, 0.05) is 31.7 Å². The predicted octanol–water partition coefficient (Wildman–Crippen LogP) is 3.33. The monoisotopic (exact) mass is 505 g/mol. The Morgan fingerprint density at radius 1 is 1.17 bits per heavy atom. The highest BCUT2D eigenvalue weighted by Crippen LogP contribution is 2.65. The third kappa shape index (κ3) is 3.18. The Hall–Kier alpha value is -2.35. The predicted molar refractivity (Wildman–Crippen MR) is 142 cm³/mol. The fraction of sp³-hybridized carbons (Fsp3) is 0.552. The molecule has 2 aromatic rings. The first kappa shape index (κ1) is 22.8. The molecule has 0 amide bonds. The summed E-state index contributed by atoms with van der Waals surface area (Å²) in [5.41, 5.74) is 2.10. The second-order valence-electron chi connectivity index (χ2n) is 11.7. The topological polar surface area (TPSA) is 68.2 Å². The van der Waals surface area contributed by atoms with Crippen molar-refractivity contribution in [3.63, 3.8) is 0 Å². The largest absolute Gasteiger partial charge is 0.504 e. The fourth-order valence-corrected chi connectivity index (χ4v) is 8.04. The Morgan fingerprint density at radius 3 is 2.75 bits per heavy atom. The number of nitrogens with one attached hydrogen (secondary N) is 1. The Balaban J connectivity index is 1.21. The number of aromatic hydroxyl groups is 1. The van der Waals surface area contributed by atoms with Crippen molar-refractivity contribution < 1.29 is 14.9 Å². The number of aliphatic hydroxyl groups is 1. The molecule has 190 valence electrons. The summed E-state index contributed by atoms with van der Waals surface area (Å²) in [4.78, 5) is 4.63. The number of phenols is 1. The van der Waals surface area contributed by atoms with Crippen molar-refractivity contribution in [3.8, 4) is 11.5 Å². The van der Waals surface area contributed by atoms with Crippen LogP contribution in [0.15, 0.2) is 42.5 Å². The number of piperidine rings is 1. The number of ether oxygens (including phenoxy) is 1. The van der Waals surface area contributed by atoms with Gasteiger partial charge in [-0.2, -0.15) is 0 Å². The van der Waals surface area contributed by atoms with Crippen LogP contribution in [-0.2, 0) is 18.4 Å². The maximum Gasteiger partial charge on any atom is 0.169 e. The highest BCUT2D eigenvalue weighted by atomic mass is 32.1. The van der Waals surface area contributed by atoms with Gasteiger partial charge in [0.2, 0.25) is 0 Å². The van der Waals surface area contributed by atoms with Crippen molar-refractivity contribution in [1.82, 2.24) is 15.1 Å². The molecule has 36 heavy (non-hydrogen) atoms. The van der Waals surface area contributed by atoms with E-state index in [1.165, 1.54) is 24.0 Å². The SMILES string of the molecule is CN(Cc1ccccc1)C(=S)NC1CC[C@@]2(O)[C@H]3Cc4ccc(O)c5c4[C@@]2(CCN3CC2CC2)C1O5. The summed E-state index contributed by atoms with van der Waals surface area (Å²) in [5, 5.41) is 27.7. The van der Waals surface area contributed by atoms with E-state index >= 15 is 0 Å². The van der Waals surface area contributed by atoms with Crippen LogP contribution in [0.4, 0.5) is 0 Å². The number of benzene rings is 2. The number of hydrogen-bond donors (Lipinski definition) is 3. The van der Waals surface area contributed by atoms with Gasteiger partial charge in [-0.15, -0.1) is 0 Å². The van der Waals surface area contributed by atoms with Gasteiger partial charge in [0.05, 0.1) is 17.1 Å². The van der Waals surface area contributed by atoms with Gasteiger partial charge in [-0.1, -0.05) is 36.4 Å². The van der Waals surface area contributed by atoms with Crippen LogP contribution >= 0.6 is 12.2 Å². The zero-order chi connectivity index (χ0) is 24.7. The summed E-state index contributed by atoms with van der Waals surface area (Å²) in [6, 6.07) is 14.2. The molecule has 2 aromatic carbocycles. The molecule has 2 bridgehead atoms. The van der Waals surface area contributed by atoms with Crippen LogP contribution in [-0.4, -0.2) is 69.1 Å². The molecule has 7 heteroatoms. The molecule has 3 fully saturated rings. The van der Waals surface area contributed by atoms with E-state index in [2.05, 4.69) is 33.3 Å². The first-order valence-electron chi connectivity index (χ1n) is 13.4. The molecule has 1 saturated heterocycles. The summed E-state index contributed by atoms with van der Waals surface area (Å²) < 4.78 is 6.65. The average Bonchev–Trinajstić information content (AvgIpc) is 3.61. The molecule has 2 heterocycles. The van der Waals surface area contributed by atoms with E-state index in [4.69, 9.17) is 17.0 Å². The van der Waals surface area contributed by atoms with Crippen LogP contribution in [0.1, 0.15) is 48.8 Å². The Kier molecular flexibility index (Phi) is 5.12. The average molecular weight is 506 g/mol. The van der Waals surface area contributed by atoms with E-state index in [-0.39, 0.29) is 23.9 Å². The molecular formula is C29H35N3O3S. The van der Waals surface area contributed by atoms with Gasteiger partial charge in [0.15, 0.2) is 16.6 Å². The Bertz CT molecular complexity index is 1200. The lowest BCUT2D eigenvalue weighted by atomic mass is 9.48. The molecule has 0 radical (unpaired) electrons. The van der Waals surface area contributed by atoms with Crippen LogP contribution in [0.2, 0.25) is 0 Å². The summed E-state index contributed by atoms with van der Waals surface area (Å²) in [6.45, 7) is 2.78. The number of phenolic OH excluding ortho intramolecular Hbond substituents is 1. The van der Waals surface area contributed by atoms with Crippen molar-refractivity contribution in [2.45, 2.75) is 74.3 Å². The third-order valence-corrected chi connectivity index (χ3v) is 10.1. The quantitative estimate of drug-likeness (QED) is 0.539. The summed E-state index contributed by atoms with van der Waals surface area (Å²) in [5.74, 6) is 1.55. The first-order valence-corrected chi connectivity index (χ1v) is 13.9. The van der Waals surface area contributed by atoms with Crippen LogP contribution in [0.3, 0.4) is 0 Å². The maximum absolute atomic E-state index is 12.6. The lowest BCUT2D eigenvalue weighted by Gasteiger charge is -2.64. The van der Waals surface area contributed by atoms with Gasteiger partial charge in [0.1, 0.15) is 6.10 Å². The van der Waals surface area contributed by atoms with Gasteiger partial charge >= 0.3 is 0 Å². The van der Waals surface area contributed by atoms with Crippen LogP contribution in [0.5, 0.6) is 11.5 Å². The Morgan fingerprint density at radius 2 is 1.97 bits per heavy atom. The molecule has 2 saturated carbocycles. The molecule has 5 atom stereocenters. The standard InChI is InChI=1S/C29H35N3O3S/c1-31(16-18-5-3-2-4-6-18)27(36)30-21-11-12-29(34)23-15-20-9-10-22(33)25-24(20)28(29,26(21)35-25)13-14-32(23)17-19-7-8-19/h2-6,9-10,19,21,23,26,33-34H,7-8,11-17H2,1H3,(H,30,36)/t21?,23-,26?,28+,29-/m1/s1. The highest BCUT2D eigenvalue weighted by molar-refractivity contribution is 7.80. The fourth-order valence-electron chi connectivity index (χ4n) is 7.83. The second-order valence-corrected chi connectivity index (χ2v) is 12.1. The van der Waals surface area contributed by atoms with Gasteiger partial charge in [-0.05, 0) is 80.4 Å². The minimum atomic E-state index is -0.868. The number of hydrogen-bond acceptors (Lipinski definition) is 5. The number of rotatable bonds is 5. The van der Waals surface area contributed by atoms with Crippen LogP contribution < -0.4 is 10.1 Å². The van der Waals surface area contributed by atoms with Gasteiger partial charge < -0.3 is 25.2 Å². The van der Waals surface area contributed by atoms with E-state index in [9.17, 15) is 10.2 Å². The van der Waals surface area contributed by atoms with Crippen molar-refractivity contribution >= 4 is 17.3 Å². The molecule has 0 aromatic heterocycles. The van der Waals surface area contributed by atoms with E-state index in [1.807, 2.05) is 25.2 Å². The lowest BCUT2D eigenvalue weighted by Crippen LogP contribution is -2.78. The third-order valence-electron chi connectivity index (χ3n) is 9.68. The normalized spacial score (nSPS) is 34.0. The van der Waals surface area contributed by atoms with Crippen molar-refractivity contribution in [1.29, 1.82) is 0 Å². The molecule has 2 aliphatic heterocycles. The summed E-state index contributed by atoms with van der Waals surface area (Å²) in [7, 11) is 2.01. The minimum Gasteiger partial charge on any atom is -0.504 e. The molecule has 3 N–H and O–H groups in total. The molecule has 5 aliphatic rings. The smallest absolute Gasteiger partial charge is 0.169 e. The molecular weight excluding hydrogens is 470 g/mol. The van der Waals surface area contributed by atoms with Crippen molar-refractivity contribution in [3.05, 3.63) is 59.2 Å². The lowest BCUT2D eigenvalue weighted by molar-refractivity contribution is -0.190. The Labute approximate surface area is 218 Å². The number of thiocarbonyl (C=S) groups is 1. The van der Waals surface area contributed by atoms with Crippen molar-refractivity contribution in [2.75, 3.05) is 20.1 Å². The van der Waals surface area contributed by atoms with E-state index in [0.29, 0.717) is 17.3 Å². The van der Waals surface area contributed by atoms with Crippen LogP contribution in [0, 0.1) is 5.92 Å². The minimum absolute atomic E-state index is 0.0376. The zero-order valence-electron chi connectivity index (χ0n) is 20.8. The molecule has 2 unspecified atom stereocenters. The first-order chi connectivity index (χ1) is 17.4.